The molecule has 0 spiro atoms. The zero-order valence-electron chi connectivity index (χ0n) is 13.0. The highest BCUT2D eigenvalue weighted by atomic mass is 16.2. The van der Waals surface area contributed by atoms with Crippen molar-refractivity contribution in [2.75, 3.05) is 20.1 Å². The first kappa shape index (κ1) is 15.6. The number of hydrogen-bond donors (Lipinski definition) is 3. The summed E-state index contributed by atoms with van der Waals surface area (Å²) in [5, 5.41) is 5.62. The standard InChI is InChI=1S/C15H24N4O2/c1-10-7-11(2)18-14(20)13(10)9-17-15(21)16-8-12-5-4-6-19(12)3/h7,12H,4-6,8-9H2,1-3H3,(H,18,20)(H2,16,17,21)/t12-/m1/s1. The number of likely N-dealkylation sites (N-methyl/N-ethyl adjacent to an activating group) is 1. The topological polar surface area (TPSA) is 77.2 Å². The number of likely N-dealkylation sites (tertiary alicyclic amines) is 1. The molecule has 1 aliphatic heterocycles. The molecular weight excluding hydrogens is 268 g/mol. The van der Waals surface area contributed by atoms with Gasteiger partial charge in [0.25, 0.3) is 5.56 Å². The molecular formula is C15H24N4O2. The summed E-state index contributed by atoms with van der Waals surface area (Å²) in [6, 6.07) is 2.10. The Morgan fingerprint density at radius 1 is 1.43 bits per heavy atom. The Balaban J connectivity index is 1.83. The van der Waals surface area contributed by atoms with E-state index in [1.165, 1.54) is 6.42 Å². The molecule has 0 saturated carbocycles. The molecule has 1 saturated heterocycles. The van der Waals surface area contributed by atoms with Gasteiger partial charge in [-0.15, -0.1) is 0 Å². The Hall–Kier alpha value is -1.82. The minimum absolute atomic E-state index is 0.136. The number of urea groups is 1. The van der Waals surface area contributed by atoms with Gasteiger partial charge < -0.3 is 20.5 Å². The van der Waals surface area contributed by atoms with E-state index in [9.17, 15) is 9.59 Å². The molecule has 0 aromatic carbocycles. The number of nitrogens with zero attached hydrogens (tertiary/aromatic N) is 1. The molecule has 0 aliphatic carbocycles. The molecule has 6 nitrogen and oxygen atoms in total. The molecule has 2 heterocycles. The minimum Gasteiger partial charge on any atom is -0.337 e. The van der Waals surface area contributed by atoms with Crippen molar-refractivity contribution >= 4 is 6.03 Å². The number of hydrogen-bond acceptors (Lipinski definition) is 3. The van der Waals surface area contributed by atoms with Crippen molar-refractivity contribution in [3.05, 3.63) is 33.2 Å². The van der Waals surface area contributed by atoms with E-state index in [1.807, 2.05) is 19.9 Å². The lowest BCUT2D eigenvalue weighted by Gasteiger charge is -2.19. The van der Waals surface area contributed by atoms with Crippen LogP contribution >= 0.6 is 0 Å². The van der Waals surface area contributed by atoms with Crippen molar-refractivity contribution in [2.24, 2.45) is 0 Å². The second-order valence-corrected chi connectivity index (χ2v) is 5.78. The maximum atomic E-state index is 11.8. The maximum Gasteiger partial charge on any atom is 0.315 e. The fourth-order valence-corrected chi connectivity index (χ4v) is 2.78. The molecule has 2 rings (SSSR count). The van der Waals surface area contributed by atoms with E-state index in [4.69, 9.17) is 0 Å². The summed E-state index contributed by atoms with van der Waals surface area (Å²) in [5.74, 6) is 0. The van der Waals surface area contributed by atoms with Gasteiger partial charge in [-0.05, 0) is 51.9 Å². The van der Waals surface area contributed by atoms with Crippen LogP contribution in [0.25, 0.3) is 0 Å². The molecule has 1 aromatic heterocycles. The maximum absolute atomic E-state index is 11.8. The summed E-state index contributed by atoms with van der Waals surface area (Å²) >= 11 is 0. The number of aromatic amines is 1. The van der Waals surface area contributed by atoms with Crippen LogP contribution in [0.15, 0.2) is 10.9 Å². The van der Waals surface area contributed by atoms with Crippen molar-refractivity contribution in [3.63, 3.8) is 0 Å². The number of aryl methyl sites for hydroxylation is 2. The zero-order valence-corrected chi connectivity index (χ0v) is 13.0. The van der Waals surface area contributed by atoms with Crippen LogP contribution in [-0.2, 0) is 6.54 Å². The number of carbonyl (C=O) groups is 1. The number of H-pyrrole nitrogens is 1. The number of pyridine rings is 1. The Morgan fingerprint density at radius 2 is 2.19 bits per heavy atom. The third-order valence-electron chi connectivity index (χ3n) is 4.09. The van der Waals surface area contributed by atoms with Crippen LogP contribution in [0.2, 0.25) is 0 Å². The van der Waals surface area contributed by atoms with Crippen molar-refractivity contribution in [3.8, 4) is 0 Å². The Morgan fingerprint density at radius 3 is 2.81 bits per heavy atom. The average Bonchev–Trinajstić information content (AvgIpc) is 2.80. The summed E-state index contributed by atoms with van der Waals surface area (Å²) in [4.78, 5) is 28.7. The smallest absolute Gasteiger partial charge is 0.315 e. The van der Waals surface area contributed by atoms with Crippen molar-refractivity contribution < 1.29 is 4.79 Å². The van der Waals surface area contributed by atoms with Crippen LogP contribution in [0.4, 0.5) is 4.79 Å². The van der Waals surface area contributed by atoms with E-state index in [-0.39, 0.29) is 18.1 Å². The molecule has 1 aromatic rings. The van der Waals surface area contributed by atoms with E-state index < -0.39 is 0 Å². The first-order chi connectivity index (χ1) is 9.97. The number of nitrogens with one attached hydrogen (secondary N) is 3. The van der Waals surface area contributed by atoms with Crippen molar-refractivity contribution in [1.29, 1.82) is 0 Å². The molecule has 1 atom stereocenters. The van der Waals surface area contributed by atoms with Gasteiger partial charge in [0.1, 0.15) is 0 Å². The van der Waals surface area contributed by atoms with Crippen LogP contribution in [0.3, 0.4) is 0 Å². The van der Waals surface area contributed by atoms with E-state index in [1.54, 1.807) is 0 Å². The van der Waals surface area contributed by atoms with Crippen LogP contribution in [0.5, 0.6) is 0 Å². The molecule has 21 heavy (non-hydrogen) atoms. The van der Waals surface area contributed by atoms with Gasteiger partial charge in [-0.1, -0.05) is 0 Å². The molecule has 3 N–H and O–H groups in total. The molecule has 6 heteroatoms. The Kier molecular flexibility index (Phi) is 5.01. The van der Waals surface area contributed by atoms with Gasteiger partial charge in [0.2, 0.25) is 0 Å². The summed E-state index contributed by atoms with van der Waals surface area (Å²) in [6.45, 7) is 5.70. The van der Waals surface area contributed by atoms with Gasteiger partial charge >= 0.3 is 6.03 Å². The first-order valence-corrected chi connectivity index (χ1v) is 7.38. The molecule has 0 unspecified atom stereocenters. The zero-order chi connectivity index (χ0) is 15.4. The molecule has 1 aliphatic rings. The van der Waals surface area contributed by atoms with Gasteiger partial charge in [-0.3, -0.25) is 4.79 Å². The van der Waals surface area contributed by atoms with Crippen molar-refractivity contribution in [2.45, 2.75) is 39.3 Å². The highest BCUT2D eigenvalue weighted by molar-refractivity contribution is 5.73. The lowest BCUT2D eigenvalue weighted by molar-refractivity contribution is 0.234. The quantitative estimate of drug-likeness (QED) is 0.771. The SMILES string of the molecule is Cc1cc(C)c(CNC(=O)NC[C@H]2CCCN2C)c(=O)[nH]1. The third-order valence-corrected chi connectivity index (χ3v) is 4.09. The number of amides is 2. The summed E-state index contributed by atoms with van der Waals surface area (Å²) in [7, 11) is 2.08. The largest absolute Gasteiger partial charge is 0.337 e. The van der Waals surface area contributed by atoms with Gasteiger partial charge in [0, 0.05) is 23.8 Å². The summed E-state index contributed by atoms with van der Waals surface area (Å²) in [5.41, 5.74) is 2.19. The number of aromatic nitrogens is 1. The van der Waals surface area contributed by atoms with Crippen LogP contribution in [-0.4, -0.2) is 42.1 Å². The summed E-state index contributed by atoms with van der Waals surface area (Å²) in [6.07, 6.45) is 2.30. The predicted octanol–water partition coefficient (Wildman–Crippen LogP) is 0.885. The molecule has 116 valence electrons. The Bertz CT molecular complexity index is 567. The highest BCUT2D eigenvalue weighted by Crippen LogP contribution is 2.13. The molecule has 1 fully saturated rings. The molecule has 0 radical (unpaired) electrons. The molecule has 0 bridgehead atoms. The van der Waals surface area contributed by atoms with Gasteiger partial charge in [0.05, 0.1) is 6.54 Å². The number of carbonyl (C=O) groups excluding carboxylic acids is 1. The van der Waals surface area contributed by atoms with E-state index >= 15 is 0 Å². The second kappa shape index (κ2) is 6.76. The highest BCUT2D eigenvalue weighted by Gasteiger charge is 2.20. The summed E-state index contributed by atoms with van der Waals surface area (Å²) < 4.78 is 0. The van der Waals surface area contributed by atoms with E-state index in [0.29, 0.717) is 18.2 Å². The molecule has 2 amide bonds. The number of rotatable bonds is 4. The van der Waals surface area contributed by atoms with Crippen LogP contribution < -0.4 is 16.2 Å². The van der Waals surface area contributed by atoms with Crippen molar-refractivity contribution in [1.82, 2.24) is 20.5 Å². The lowest BCUT2D eigenvalue weighted by Crippen LogP contribution is -2.43. The third kappa shape index (κ3) is 4.07. The monoisotopic (exact) mass is 292 g/mol. The Labute approximate surface area is 124 Å². The van der Waals surface area contributed by atoms with Crippen LogP contribution in [0, 0.1) is 13.8 Å². The van der Waals surface area contributed by atoms with Gasteiger partial charge in [-0.25, -0.2) is 4.79 Å². The fourth-order valence-electron chi connectivity index (χ4n) is 2.78. The van der Waals surface area contributed by atoms with Crippen LogP contribution in [0.1, 0.15) is 29.7 Å². The normalized spacial score (nSPS) is 18.7. The minimum atomic E-state index is -0.227. The van der Waals surface area contributed by atoms with Gasteiger partial charge in [-0.2, -0.15) is 0 Å². The predicted molar refractivity (Wildman–Crippen MR) is 82.4 cm³/mol. The first-order valence-electron chi connectivity index (χ1n) is 7.38. The van der Waals surface area contributed by atoms with Gasteiger partial charge in [0.15, 0.2) is 0 Å². The lowest BCUT2D eigenvalue weighted by atomic mass is 10.1. The fraction of sp³-hybridized carbons (Fsp3) is 0.600. The van der Waals surface area contributed by atoms with E-state index in [2.05, 4.69) is 27.6 Å². The average molecular weight is 292 g/mol. The second-order valence-electron chi connectivity index (χ2n) is 5.78. The van der Waals surface area contributed by atoms with E-state index in [0.717, 1.165) is 24.2 Å².